The van der Waals surface area contributed by atoms with E-state index in [1.54, 1.807) is 26.8 Å². The molecule has 5 aliphatic carbocycles. The minimum atomic E-state index is -1.27. The van der Waals surface area contributed by atoms with Gasteiger partial charge in [-0.25, -0.2) is 9.59 Å². The third-order valence-corrected chi connectivity index (χ3v) is 16.1. The zero-order valence-corrected chi connectivity index (χ0v) is 31.3. The SMILES string of the molecule is C/C=C(/C)C(=O)O[C@H]1[C@H](OC(=O)C2(C)OC2C)C(C)(C)CC2C3=CCC4[C@@]5(C)CC[C@H](O)C(C)(C)C5CC[C@@]4(C)[C@]3(C)C[C@@H](O)[C@]21CO. The molecule has 13 atom stereocenters. The summed E-state index contributed by atoms with van der Waals surface area (Å²) in [5, 5.41) is 35.2. The highest BCUT2D eigenvalue weighted by Gasteiger charge is 2.74. The van der Waals surface area contributed by atoms with E-state index in [-0.39, 0.29) is 39.8 Å². The minimum Gasteiger partial charge on any atom is -0.456 e. The van der Waals surface area contributed by atoms with E-state index < -0.39 is 53.3 Å². The number of aliphatic hydroxyl groups excluding tert-OH is 3. The normalized spacial score (nSPS) is 50.5. The van der Waals surface area contributed by atoms with Gasteiger partial charge in [0.05, 0.1) is 30.3 Å². The van der Waals surface area contributed by atoms with E-state index in [0.717, 1.165) is 32.1 Å². The Morgan fingerprint density at radius 1 is 0.938 bits per heavy atom. The zero-order chi connectivity index (χ0) is 35.6. The quantitative estimate of drug-likeness (QED) is 0.135. The molecule has 48 heavy (non-hydrogen) atoms. The van der Waals surface area contributed by atoms with Gasteiger partial charge in [0, 0.05) is 11.0 Å². The lowest BCUT2D eigenvalue weighted by molar-refractivity contribution is -0.266. The van der Waals surface area contributed by atoms with E-state index >= 15 is 0 Å². The van der Waals surface area contributed by atoms with Crippen molar-refractivity contribution in [3.63, 3.8) is 0 Å². The monoisotopic (exact) mass is 670 g/mol. The summed E-state index contributed by atoms with van der Waals surface area (Å²) in [5.74, 6) is -0.594. The molecule has 270 valence electrons. The molecule has 4 saturated carbocycles. The fourth-order valence-electron chi connectivity index (χ4n) is 12.3. The molecule has 0 aromatic carbocycles. The van der Waals surface area contributed by atoms with Crippen LogP contribution in [0.25, 0.3) is 0 Å². The average molecular weight is 671 g/mol. The maximum Gasteiger partial charge on any atom is 0.341 e. The van der Waals surface area contributed by atoms with E-state index in [9.17, 15) is 24.9 Å². The van der Waals surface area contributed by atoms with E-state index in [0.29, 0.717) is 30.3 Å². The predicted molar refractivity (Wildman–Crippen MR) is 182 cm³/mol. The van der Waals surface area contributed by atoms with E-state index in [1.165, 1.54) is 5.57 Å². The van der Waals surface area contributed by atoms with E-state index in [2.05, 4.69) is 40.7 Å². The molecule has 1 heterocycles. The number of carbonyl (C=O) groups excluding carboxylic acids is 2. The molecule has 0 radical (unpaired) electrons. The van der Waals surface area contributed by atoms with Crippen LogP contribution in [0.1, 0.15) is 121 Å². The summed E-state index contributed by atoms with van der Waals surface area (Å²) in [6, 6.07) is 0. The fourth-order valence-corrected chi connectivity index (χ4v) is 12.3. The topological polar surface area (TPSA) is 126 Å². The number of hydrogen-bond acceptors (Lipinski definition) is 8. The number of fused-ring (bicyclic) bond motifs is 7. The molecule has 0 bridgehead atoms. The van der Waals surface area contributed by atoms with Gasteiger partial charge in [-0.05, 0) is 112 Å². The number of hydrogen-bond donors (Lipinski definition) is 3. The molecule has 5 fully saturated rings. The van der Waals surface area contributed by atoms with Crippen molar-refractivity contribution in [1.29, 1.82) is 0 Å². The highest BCUT2D eigenvalue weighted by molar-refractivity contribution is 5.88. The van der Waals surface area contributed by atoms with Crippen molar-refractivity contribution in [2.45, 2.75) is 157 Å². The van der Waals surface area contributed by atoms with Crippen LogP contribution in [0.5, 0.6) is 0 Å². The third kappa shape index (κ3) is 4.60. The van der Waals surface area contributed by atoms with Gasteiger partial charge in [-0.1, -0.05) is 66.2 Å². The van der Waals surface area contributed by atoms with E-state index in [1.807, 2.05) is 20.8 Å². The molecule has 5 unspecified atom stereocenters. The number of ether oxygens (including phenoxy) is 3. The van der Waals surface area contributed by atoms with E-state index in [4.69, 9.17) is 14.2 Å². The van der Waals surface area contributed by atoms with Gasteiger partial charge in [-0.3, -0.25) is 0 Å². The molecule has 0 aromatic rings. The third-order valence-electron chi connectivity index (χ3n) is 16.1. The van der Waals surface area contributed by atoms with Crippen molar-refractivity contribution < 1.29 is 39.1 Å². The molecular formula is C40H62O8. The average Bonchev–Trinajstić information content (AvgIpc) is 3.63. The Morgan fingerprint density at radius 3 is 2.17 bits per heavy atom. The molecule has 3 N–H and O–H groups in total. The molecule has 0 aromatic heterocycles. The van der Waals surface area contributed by atoms with Crippen molar-refractivity contribution in [3.8, 4) is 0 Å². The Hall–Kier alpha value is -1.74. The predicted octanol–water partition coefficient (Wildman–Crippen LogP) is 6.30. The molecule has 8 heteroatoms. The molecule has 6 aliphatic rings. The van der Waals surface area contributed by atoms with Crippen LogP contribution in [0.2, 0.25) is 0 Å². The van der Waals surface area contributed by atoms with Crippen LogP contribution < -0.4 is 0 Å². The van der Waals surface area contributed by atoms with Gasteiger partial charge < -0.3 is 29.5 Å². The second-order valence-corrected chi connectivity index (χ2v) is 18.9. The first kappa shape index (κ1) is 36.1. The lowest BCUT2D eigenvalue weighted by Gasteiger charge is -2.72. The summed E-state index contributed by atoms with van der Waals surface area (Å²) in [4.78, 5) is 27.2. The number of epoxide rings is 1. The molecule has 1 saturated heterocycles. The van der Waals surface area contributed by atoms with Gasteiger partial charge in [0.15, 0.2) is 11.7 Å². The van der Waals surface area contributed by atoms with Crippen molar-refractivity contribution in [3.05, 3.63) is 23.3 Å². The highest BCUT2D eigenvalue weighted by atomic mass is 16.7. The summed E-state index contributed by atoms with van der Waals surface area (Å²) in [6.45, 7) is 22.4. The van der Waals surface area contributed by atoms with Gasteiger partial charge in [-0.15, -0.1) is 0 Å². The molecule has 6 rings (SSSR count). The van der Waals surface area contributed by atoms with Gasteiger partial charge in [0.25, 0.3) is 0 Å². The Balaban J connectivity index is 1.46. The van der Waals surface area contributed by atoms with Crippen LogP contribution in [-0.2, 0) is 23.8 Å². The Bertz CT molecular complexity index is 1410. The largest absolute Gasteiger partial charge is 0.456 e. The van der Waals surface area contributed by atoms with Gasteiger partial charge in [0.2, 0.25) is 0 Å². The molecule has 0 amide bonds. The second kappa shape index (κ2) is 11.1. The number of rotatable bonds is 5. The van der Waals surface area contributed by atoms with Crippen LogP contribution in [0.4, 0.5) is 0 Å². The summed E-state index contributed by atoms with van der Waals surface area (Å²) in [5.41, 5.74) is -1.98. The van der Waals surface area contributed by atoms with Crippen LogP contribution in [0.3, 0.4) is 0 Å². The molecular weight excluding hydrogens is 608 g/mol. The van der Waals surface area contributed by atoms with Crippen molar-refractivity contribution in [2.24, 2.45) is 50.2 Å². The zero-order valence-electron chi connectivity index (χ0n) is 31.3. The van der Waals surface area contributed by atoms with Crippen molar-refractivity contribution >= 4 is 11.9 Å². The van der Waals surface area contributed by atoms with Crippen LogP contribution in [-0.4, -0.2) is 70.0 Å². The van der Waals surface area contributed by atoms with Crippen molar-refractivity contribution in [1.82, 2.24) is 0 Å². The Kier molecular flexibility index (Phi) is 8.36. The van der Waals surface area contributed by atoms with Gasteiger partial charge in [-0.2, -0.15) is 0 Å². The summed E-state index contributed by atoms with van der Waals surface area (Å²) in [7, 11) is 0. The maximum absolute atomic E-state index is 13.6. The minimum absolute atomic E-state index is 0.0442. The van der Waals surface area contributed by atoms with Gasteiger partial charge in [0.1, 0.15) is 6.10 Å². The molecule has 0 spiro atoms. The molecule has 8 nitrogen and oxygen atoms in total. The first-order valence-electron chi connectivity index (χ1n) is 18.5. The fraction of sp³-hybridized carbons (Fsp3) is 0.850. The first-order chi connectivity index (χ1) is 22.1. The number of esters is 2. The van der Waals surface area contributed by atoms with Crippen LogP contribution in [0, 0.1) is 50.2 Å². The summed E-state index contributed by atoms with van der Waals surface area (Å²) in [6.07, 6.45) is 6.14. The Morgan fingerprint density at radius 2 is 1.58 bits per heavy atom. The number of aliphatic hydroxyl groups is 3. The highest BCUT2D eigenvalue weighted by Crippen LogP contribution is 2.76. The summed E-state index contributed by atoms with van der Waals surface area (Å²) >= 11 is 0. The second-order valence-electron chi connectivity index (χ2n) is 18.9. The van der Waals surface area contributed by atoms with Crippen LogP contribution >= 0.6 is 0 Å². The summed E-state index contributed by atoms with van der Waals surface area (Å²) < 4.78 is 18.3. The smallest absolute Gasteiger partial charge is 0.341 e. The Labute approximate surface area is 288 Å². The maximum atomic E-state index is 13.6. The first-order valence-corrected chi connectivity index (χ1v) is 18.5. The standard InChI is InChI=1S/C40H62O8/c1-12-22(2)32(44)46-31-30(47-33(45)39(11)23(3)48-39)34(4,5)19-25-24-13-14-27-36(8)17-16-28(42)35(6,7)26(36)15-18-37(27,9)38(24,10)20-29(43)40(25,31)21-41/h12-13,23,25-31,41-43H,14-21H2,1-11H3/b22-12-/t23?,25?,26?,27?,28-,29+,30-,31-,36-,37+,38+,39?,40-/m0/s1. The van der Waals surface area contributed by atoms with Crippen LogP contribution in [0.15, 0.2) is 23.3 Å². The lowest BCUT2D eigenvalue weighted by Crippen LogP contribution is -2.72. The van der Waals surface area contributed by atoms with Crippen molar-refractivity contribution in [2.75, 3.05) is 6.61 Å². The lowest BCUT2D eigenvalue weighted by atomic mass is 9.33. The molecule has 1 aliphatic heterocycles. The van der Waals surface area contributed by atoms with Gasteiger partial charge >= 0.3 is 11.9 Å². The number of carbonyl (C=O) groups is 2. The number of allylic oxidation sites excluding steroid dienone is 3.